The lowest BCUT2D eigenvalue weighted by Crippen LogP contribution is -2.49. The number of likely N-dealkylation sites (N-methyl/N-ethyl adjacent to an activating group) is 1. The van der Waals surface area contributed by atoms with Crippen LogP contribution in [-0.2, 0) is 0 Å². The highest BCUT2D eigenvalue weighted by atomic mass is 16.2. The van der Waals surface area contributed by atoms with Gasteiger partial charge in [0.1, 0.15) is 5.82 Å². The fourth-order valence-electron chi connectivity index (χ4n) is 3.64. The molecule has 0 aliphatic carbocycles. The number of carbonyl (C=O) groups is 1. The van der Waals surface area contributed by atoms with E-state index in [1.807, 2.05) is 41.6 Å². The van der Waals surface area contributed by atoms with E-state index < -0.39 is 0 Å². The van der Waals surface area contributed by atoms with Gasteiger partial charge >= 0.3 is 0 Å². The van der Waals surface area contributed by atoms with E-state index in [4.69, 9.17) is 0 Å². The van der Waals surface area contributed by atoms with Crippen LogP contribution in [-0.4, -0.2) is 85.1 Å². The highest BCUT2D eigenvalue weighted by Crippen LogP contribution is 2.19. The molecule has 0 unspecified atom stereocenters. The average Bonchev–Trinajstić information content (AvgIpc) is 2.75. The Bertz CT molecular complexity index is 767. The first-order chi connectivity index (χ1) is 13.2. The zero-order chi connectivity index (χ0) is 18.6. The van der Waals surface area contributed by atoms with Gasteiger partial charge in [-0.15, -0.1) is 0 Å². The molecule has 0 bridgehead atoms. The molecule has 0 atom stereocenters. The molecule has 0 saturated carbocycles. The zero-order valence-corrected chi connectivity index (χ0v) is 15.8. The molecule has 2 saturated heterocycles. The topological polar surface area (TPSA) is 55.8 Å². The maximum absolute atomic E-state index is 13.0. The third-order valence-corrected chi connectivity index (χ3v) is 5.38. The molecule has 0 aromatic carbocycles. The SMILES string of the molecule is CN1CCN(c2cncc(C(=O)N3CCN(c4ccccn4)CC3)c2)CC1. The molecule has 4 heterocycles. The Morgan fingerprint density at radius 3 is 2.37 bits per heavy atom. The van der Waals surface area contributed by atoms with Crippen LogP contribution in [0.1, 0.15) is 10.4 Å². The number of pyridine rings is 2. The highest BCUT2D eigenvalue weighted by Gasteiger charge is 2.24. The molecule has 2 aromatic rings. The number of hydrogen-bond acceptors (Lipinski definition) is 6. The summed E-state index contributed by atoms with van der Waals surface area (Å²) >= 11 is 0. The van der Waals surface area contributed by atoms with Crippen LogP contribution < -0.4 is 9.80 Å². The van der Waals surface area contributed by atoms with Crippen molar-refractivity contribution in [3.63, 3.8) is 0 Å². The van der Waals surface area contributed by atoms with E-state index in [9.17, 15) is 4.79 Å². The summed E-state index contributed by atoms with van der Waals surface area (Å²) in [5.74, 6) is 1.04. The Labute approximate surface area is 160 Å². The van der Waals surface area contributed by atoms with Gasteiger partial charge in [-0.2, -0.15) is 0 Å². The smallest absolute Gasteiger partial charge is 0.255 e. The second kappa shape index (κ2) is 7.92. The van der Waals surface area contributed by atoms with Gasteiger partial charge in [-0.05, 0) is 25.2 Å². The molecule has 142 valence electrons. The van der Waals surface area contributed by atoms with Gasteiger partial charge in [-0.3, -0.25) is 9.78 Å². The summed E-state index contributed by atoms with van der Waals surface area (Å²) in [6.45, 7) is 7.02. The summed E-state index contributed by atoms with van der Waals surface area (Å²) in [7, 11) is 2.14. The molecule has 0 spiro atoms. The summed E-state index contributed by atoms with van der Waals surface area (Å²) in [5, 5.41) is 0. The van der Waals surface area contributed by atoms with E-state index in [1.54, 1.807) is 6.20 Å². The first-order valence-electron chi connectivity index (χ1n) is 9.54. The number of rotatable bonds is 3. The highest BCUT2D eigenvalue weighted by molar-refractivity contribution is 5.95. The standard InChI is InChI=1S/C20H26N6O/c1-23-6-8-24(9-7-23)18-14-17(15-21-16-18)20(27)26-12-10-25(11-13-26)19-4-2-3-5-22-19/h2-5,14-16H,6-13H2,1H3. The van der Waals surface area contributed by atoms with Crippen molar-refractivity contribution >= 4 is 17.4 Å². The molecule has 2 fully saturated rings. The molecule has 27 heavy (non-hydrogen) atoms. The van der Waals surface area contributed by atoms with Crippen LogP contribution in [0.3, 0.4) is 0 Å². The molecule has 1 amide bonds. The van der Waals surface area contributed by atoms with Gasteiger partial charge in [0.05, 0.1) is 17.4 Å². The predicted molar refractivity (Wildman–Crippen MR) is 106 cm³/mol. The Morgan fingerprint density at radius 1 is 0.926 bits per heavy atom. The number of aromatic nitrogens is 2. The molecule has 7 nitrogen and oxygen atoms in total. The summed E-state index contributed by atoms with van der Waals surface area (Å²) in [4.78, 5) is 30.5. The molecule has 2 aliphatic rings. The number of carbonyl (C=O) groups excluding carboxylic acids is 1. The van der Waals surface area contributed by atoms with Crippen molar-refractivity contribution in [2.24, 2.45) is 0 Å². The second-order valence-electron chi connectivity index (χ2n) is 7.19. The maximum Gasteiger partial charge on any atom is 0.255 e. The Kier molecular flexibility index (Phi) is 5.20. The zero-order valence-electron chi connectivity index (χ0n) is 15.8. The van der Waals surface area contributed by atoms with Gasteiger partial charge in [-0.1, -0.05) is 6.07 Å². The minimum absolute atomic E-state index is 0.0687. The minimum Gasteiger partial charge on any atom is -0.368 e. The summed E-state index contributed by atoms with van der Waals surface area (Å²) in [5.41, 5.74) is 1.72. The molecular formula is C20H26N6O. The molecule has 2 aliphatic heterocycles. The first-order valence-corrected chi connectivity index (χ1v) is 9.54. The molecular weight excluding hydrogens is 340 g/mol. The first kappa shape index (κ1) is 17.7. The van der Waals surface area contributed by atoms with E-state index >= 15 is 0 Å². The van der Waals surface area contributed by atoms with Crippen LogP contribution >= 0.6 is 0 Å². The molecule has 0 radical (unpaired) electrons. The fraction of sp³-hybridized carbons (Fsp3) is 0.450. The normalized spacial score (nSPS) is 18.6. The van der Waals surface area contributed by atoms with Gasteiger partial charge < -0.3 is 19.6 Å². The molecule has 7 heteroatoms. The Morgan fingerprint density at radius 2 is 1.67 bits per heavy atom. The predicted octanol–water partition coefficient (Wildman–Crippen LogP) is 1.19. The van der Waals surface area contributed by atoms with E-state index in [-0.39, 0.29) is 5.91 Å². The molecule has 0 N–H and O–H groups in total. The van der Waals surface area contributed by atoms with Crippen molar-refractivity contribution < 1.29 is 4.79 Å². The largest absolute Gasteiger partial charge is 0.368 e. The number of piperazine rings is 2. The monoisotopic (exact) mass is 366 g/mol. The summed E-state index contributed by atoms with van der Waals surface area (Å²) < 4.78 is 0. The average molecular weight is 366 g/mol. The maximum atomic E-state index is 13.0. The molecule has 2 aromatic heterocycles. The third-order valence-electron chi connectivity index (χ3n) is 5.38. The lowest BCUT2D eigenvalue weighted by atomic mass is 10.2. The van der Waals surface area contributed by atoms with Crippen molar-refractivity contribution in [3.8, 4) is 0 Å². The van der Waals surface area contributed by atoms with Crippen molar-refractivity contribution in [2.75, 3.05) is 69.2 Å². The number of amides is 1. The van der Waals surface area contributed by atoms with E-state index in [0.717, 1.165) is 50.8 Å². The third kappa shape index (κ3) is 4.03. The van der Waals surface area contributed by atoms with Crippen LogP contribution in [0.2, 0.25) is 0 Å². The summed E-state index contributed by atoms with van der Waals surface area (Å²) in [6.07, 6.45) is 5.36. The van der Waals surface area contributed by atoms with Gasteiger partial charge in [-0.25, -0.2) is 4.98 Å². The Balaban J connectivity index is 1.39. The Hall–Kier alpha value is -2.67. The minimum atomic E-state index is 0.0687. The van der Waals surface area contributed by atoms with Crippen LogP contribution in [0.4, 0.5) is 11.5 Å². The van der Waals surface area contributed by atoms with Crippen molar-refractivity contribution in [3.05, 3.63) is 48.4 Å². The van der Waals surface area contributed by atoms with Crippen LogP contribution in [0.15, 0.2) is 42.9 Å². The van der Waals surface area contributed by atoms with Gasteiger partial charge in [0.25, 0.3) is 5.91 Å². The van der Waals surface area contributed by atoms with E-state index in [2.05, 4.69) is 31.7 Å². The lowest BCUT2D eigenvalue weighted by Gasteiger charge is -2.36. The summed E-state index contributed by atoms with van der Waals surface area (Å²) in [6, 6.07) is 7.92. The van der Waals surface area contributed by atoms with Crippen LogP contribution in [0.5, 0.6) is 0 Å². The van der Waals surface area contributed by atoms with Crippen molar-refractivity contribution in [1.82, 2.24) is 19.8 Å². The number of nitrogens with zero attached hydrogens (tertiary/aromatic N) is 6. The molecule has 4 rings (SSSR count). The van der Waals surface area contributed by atoms with Gasteiger partial charge in [0.15, 0.2) is 0 Å². The van der Waals surface area contributed by atoms with Gasteiger partial charge in [0.2, 0.25) is 0 Å². The van der Waals surface area contributed by atoms with Crippen LogP contribution in [0.25, 0.3) is 0 Å². The van der Waals surface area contributed by atoms with Crippen molar-refractivity contribution in [1.29, 1.82) is 0 Å². The quantitative estimate of drug-likeness (QED) is 0.813. The van der Waals surface area contributed by atoms with Crippen molar-refractivity contribution in [2.45, 2.75) is 0 Å². The number of hydrogen-bond donors (Lipinski definition) is 0. The van der Waals surface area contributed by atoms with E-state index in [1.165, 1.54) is 0 Å². The number of anilines is 2. The van der Waals surface area contributed by atoms with Crippen LogP contribution in [0, 0.1) is 0 Å². The fourth-order valence-corrected chi connectivity index (χ4v) is 3.64. The lowest BCUT2D eigenvalue weighted by molar-refractivity contribution is 0.0746. The van der Waals surface area contributed by atoms with E-state index in [0.29, 0.717) is 18.7 Å². The second-order valence-corrected chi connectivity index (χ2v) is 7.19. The van der Waals surface area contributed by atoms with Gasteiger partial charge in [0, 0.05) is 64.8 Å².